The Morgan fingerprint density at radius 2 is 1.77 bits per heavy atom. The van der Waals surface area contributed by atoms with Crippen LogP contribution in [0.3, 0.4) is 0 Å². The lowest BCUT2D eigenvalue weighted by Gasteiger charge is -2.31. The van der Waals surface area contributed by atoms with E-state index in [1.165, 1.54) is 32.6 Å². The first kappa shape index (κ1) is 16.0. The maximum atomic E-state index is 5.04. The molecule has 0 bridgehead atoms. The Morgan fingerprint density at radius 1 is 1.14 bits per heavy atom. The van der Waals surface area contributed by atoms with Gasteiger partial charge in [0.25, 0.3) is 0 Å². The molecule has 0 fully saturated rings. The molecule has 2 aromatic rings. The average molecular weight is 408 g/mol. The summed E-state index contributed by atoms with van der Waals surface area (Å²) in [6.07, 6.45) is 3.51. The van der Waals surface area contributed by atoms with Crippen molar-refractivity contribution in [2.24, 2.45) is 5.41 Å². The SMILES string of the molecule is CC1(C)CCc2c(C(C)(C)C)nn(-c3ccc(I)cc3)c2C1. The van der Waals surface area contributed by atoms with Crippen LogP contribution in [-0.4, -0.2) is 9.78 Å². The second kappa shape index (κ2) is 5.36. The number of benzene rings is 1. The standard InChI is InChI=1S/C19H25IN2/c1-18(2,3)17-15-10-11-19(4,5)12-16(15)22(21-17)14-8-6-13(20)7-9-14/h6-9H,10-12H2,1-5H3. The van der Waals surface area contributed by atoms with Gasteiger partial charge in [-0.2, -0.15) is 5.10 Å². The van der Waals surface area contributed by atoms with Crippen LogP contribution in [0.5, 0.6) is 0 Å². The van der Waals surface area contributed by atoms with E-state index in [2.05, 4.69) is 86.2 Å². The molecule has 2 nitrogen and oxygen atoms in total. The molecule has 1 aromatic carbocycles. The zero-order chi connectivity index (χ0) is 16.1. The van der Waals surface area contributed by atoms with Gasteiger partial charge in [-0.25, -0.2) is 4.68 Å². The predicted octanol–water partition coefficient (Wildman–Crippen LogP) is 5.29. The van der Waals surface area contributed by atoms with Crippen molar-refractivity contribution in [1.29, 1.82) is 0 Å². The van der Waals surface area contributed by atoms with Gasteiger partial charge < -0.3 is 0 Å². The normalized spacial score (nSPS) is 17.4. The van der Waals surface area contributed by atoms with Crippen molar-refractivity contribution in [1.82, 2.24) is 9.78 Å². The summed E-state index contributed by atoms with van der Waals surface area (Å²) in [6.45, 7) is 11.6. The maximum Gasteiger partial charge on any atom is 0.0717 e. The van der Waals surface area contributed by atoms with Crippen LogP contribution in [-0.2, 0) is 18.3 Å². The molecule has 1 aromatic heterocycles. The van der Waals surface area contributed by atoms with Gasteiger partial charge in [0.15, 0.2) is 0 Å². The molecule has 0 saturated carbocycles. The van der Waals surface area contributed by atoms with Gasteiger partial charge in [0.05, 0.1) is 11.4 Å². The zero-order valence-electron chi connectivity index (χ0n) is 14.2. The Labute approximate surface area is 147 Å². The minimum Gasteiger partial charge on any atom is -0.237 e. The van der Waals surface area contributed by atoms with Crippen molar-refractivity contribution in [3.05, 3.63) is 44.8 Å². The summed E-state index contributed by atoms with van der Waals surface area (Å²) >= 11 is 2.35. The summed E-state index contributed by atoms with van der Waals surface area (Å²) in [7, 11) is 0. The number of hydrogen-bond donors (Lipinski definition) is 0. The number of aromatic nitrogens is 2. The van der Waals surface area contributed by atoms with Gasteiger partial charge in [0.1, 0.15) is 0 Å². The molecule has 1 aliphatic rings. The van der Waals surface area contributed by atoms with Gasteiger partial charge in [-0.3, -0.25) is 0 Å². The molecule has 22 heavy (non-hydrogen) atoms. The quantitative estimate of drug-likeness (QED) is 0.587. The fourth-order valence-electron chi connectivity index (χ4n) is 3.33. The van der Waals surface area contributed by atoms with Crippen LogP contribution in [0.1, 0.15) is 58.0 Å². The highest BCUT2D eigenvalue weighted by atomic mass is 127. The summed E-state index contributed by atoms with van der Waals surface area (Å²) in [4.78, 5) is 0. The molecule has 1 aliphatic carbocycles. The smallest absolute Gasteiger partial charge is 0.0717 e. The molecule has 3 rings (SSSR count). The van der Waals surface area contributed by atoms with Gasteiger partial charge >= 0.3 is 0 Å². The Bertz CT molecular complexity index is 687. The molecular formula is C19H25IN2. The first-order valence-corrected chi connectivity index (χ1v) is 9.12. The third-order valence-electron chi connectivity index (χ3n) is 4.57. The van der Waals surface area contributed by atoms with E-state index in [1.54, 1.807) is 0 Å². The average Bonchev–Trinajstić information content (AvgIpc) is 2.77. The van der Waals surface area contributed by atoms with Crippen LogP contribution >= 0.6 is 22.6 Å². The second-order valence-corrected chi connectivity index (χ2v) is 9.50. The number of fused-ring (bicyclic) bond motifs is 1. The molecule has 118 valence electrons. The summed E-state index contributed by atoms with van der Waals surface area (Å²) in [5.41, 5.74) is 5.83. The fourth-order valence-corrected chi connectivity index (χ4v) is 3.69. The molecule has 0 atom stereocenters. The summed E-state index contributed by atoms with van der Waals surface area (Å²) in [5.74, 6) is 0. The number of hydrogen-bond acceptors (Lipinski definition) is 1. The van der Waals surface area contributed by atoms with Crippen LogP contribution in [0.25, 0.3) is 5.69 Å². The highest BCUT2D eigenvalue weighted by molar-refractivity contribution is 14.1. The minimum absolute atomic E-state index is 0.0972. The maximum absolute atomic E-state index is 5.04. The van der Waals surface area contributed by atoms with Gasteiger partial charge in [-0.15, -0.1) is 0 Å². The largest absolute Gasteiger partial charge is 0.237 e. The molecule has 1 heterocycles. The van der Waals surface area contributed by atoms with Crippen molar-refractivity contribution < 1.29 is 0 Å². The molecule has 0 radical (unpaired) electrons. The lowest BCUT2D eigenvalue weighted by molar-refractivity contribution is 0.308. The third kappa shape index (κ3) is 2.97. The fraction of sp³-hybridized carbons (Fsp3) is 0.526. The first-order valence-electron chi connectivity index (χ1n) is 8.05. The Morgan fingerprint density at radius 3 is 2.36 bits per heavy atom. The van der Waals surface area contributed by atoms with Crippen molar-refractivity contribution in [2.75, 3.05) is 0 Å². The van der Waals surface area contributed by atoms with Crippen molar-refractivity contribution in [3.63, 3.8) is 0 Å². The van der Waals surface area contributed by atoms with E-state index in [9.17, 15) is 0 Å². The highest BCUT2D eigenvalue weighted by Crippen LogP contribution is 2.40. The molecule has 0 spiro atoms. The predicted molar refractivity (Wildman–Crippen MR) is 101 cm³/mol. The molecule has 0 unspecified atom stereocenters. The van der Waals surface area contributed by atoms with E-state index in [4.69, 9.17) is 5.10 Å². The molecule has 0 N–H and O–H groups in total. The van der Waals surface area contributed by atoms with E-state index in [0.717, 1.165) is 12.8 Å². The summed E-state index contributed by atoms with van der Waals surface area (Å²) < 4.78 is 3.46. The molecule has 3 heteroatoms. The van der Waals surface area contributed by atoms with Crippen LogP contribution in [0.15, 0.2) is 24.3 Å². The Hall–Kier alpha value is -0.840. The lowest BCUT2D eigenvalue weighted by atomic mass is 9.74. The van der Waals surface area contributed by atoms with Crippen LogP contribution in [0, 0.1) is 8.99 Å². The van der Waals surface area contributed by atoms with Crippen molar-refractivity contribution in [2.45, 2.75) is 59.3 Å². The summed E-state index contributed by atoms with van der Waals surface area (Å²) in [6, 6.07) is 8.69. The van der Waals surface area contributed by atoms with Gasteiger partial charge in [0.2, 0.25) is 0 Å². The molecular weight excluding hydrogens is 383 g/mol. The molecule has 0 aliphatic heterocycles. The van der Waals surface area contributed by atoms with E-state index in [0.29, 0.717) is 5.41 Å². The Kier molecular flexibility index (Phi) is 3.91. The molecule has 0 amide bonds. The van der Waals surface area contributed by atoms with Crippen LogP contribution in [0.2, 0.25) is 0 Å². The van der Waals surface area contributed by atoms with Crippen LogP contribution < -0.4 is 0 Å². The Balaban J connectivity index is 2.18. The van der Waals surface area contributed by atoms with Gasteiger partial charge in [0, 0.05) is 14.7 Å². The number of rotatable bonds is 1. The first-order chi connectivity index (χ1) is 10.2. The molecule has 0 saturated heterocycles. The van der Waals surface area contributed by atoms with Crippen molar-refractivity contribution >= 4 is 22.6 Å². The summed E-state index contributed by atoms with van der Waals surface area (Å²) in [5, 5.41) is 5.04. The minimum atomic E-state index is 0.0972. The monoisotopic (exact) mass is 408 g/mol. The number of halogens is 1. The van der Waals surface area contributed by atoms with E-state index in [1.807, 2.05) is 0 Å². The van der Waals surface area contributed by atoms with Gasteiger partial charge in [-0.1, -0.05) is 34.6 Å². The highest BCUT2D eigenvalue weighted by Gasteiger charge is 2.34. The van der Waals surface area contributed by atoms with Crippen molar-refractivity contribution in [3.8, 4) is 5.69 Å². The third-order valence-corrected chi connectivity index (χ3v) is 5.29. The van der Waals surface area contributed by atoms with E-state index < -0.39 is 0 Å². The number of nitrogens with zero attached hydrogens (tertiary/aromatic N) is 2. The van der Waals surface area contributed by atoms with E-state index >= 15 is 0 Å². The lowest BCUT2D eigenvalue weighted by Crippen LogP contribution is -2.24. The van der Waals surface area contributed by atoms with Crippen LogP contribution in [0.4, 0.5) is 0 Å². The van der Waals surface area contributed by atoms with Gasteiger partial charge in [-0.05, 0) is 77.1 Å². The second-order valence-electron chi connectivity index (χ2n) is 8.25. The zero-order valence-corrected chi connectivity index (χ0v) is 16.4. The topological polar surface area (TPSA) is 17.8 Å². The van der Waals surface area contributed by atoms with E-state index in [-0.39, 0.29) is 5.41 Å².